The summed E-state index contributed by atoms with van der Waals surface area (Å²) < 4.78 is 61.6. The van der Waals surface area contributed by atoms with Gasteiger partial charge in [-0.3, -0.25) is 9.36 Å². The fraction of sp³-hybridized carbons (Fsp3) is 0.194. The lowest BCUT2D eigenvalue weighted by atomic mass is 9.95. The van der Waals surface area contributed by atoms with Crippen LogP contribution in [0.3, 0.4) is 0 Å². The standard InChI is InChI=1S/C31H22BrCl2F3N2O5S/c1-3-43-29(41)24-25(17-6-10-21(34)11-7-17)39-28(40)23(45-30(39)38-27(24)31(35,36)37)13-18-12-19(32)14-22(42-2)26(18)44-15-16-4-8-20(33)9-5-16/h4-14,25H,3,15H2,1-2H3/b23-13-/t25-/m0/s1. The van der Waals surface area contributed by atoms with Crippen LogP contribution in [-0.4, -0.2) is 30.4 Å². The average Bonchev–Trinajstić information content (AvgIpc) is 3.30. The number of carbonyl (C=O) groups excluding carboxylic acids is 1. The first kappa shape index (κ1) is 32.8. The van der Waals surface area contributed by atoms with Gasteiger partial charge in [0.15, 0.2) is 22.0 Å². The number of ether oxygens (including phenoxy) is 3. The molecule has 4 aromatic rings. The van der Waals surface area contributed by atoms with Crippen molar-refractivity contribution in [3.05, 3.63) is 123 Å². The molecule has 14 heteroatoms. The SMILES string of the molecule is CCOC(=O)C1=C(C(F)(F)F)N=c2s/c(=C\c3cc(Br)cc(OC)c3OCc3ccc(Cl)cc3)c(=O)n2[C@H]1c1ccc(Cl)cc1. The minimum absolute atomic E-state index is 0.0378. The van der Waals surface area contributed by atoms with Gasteiger partial charge < -0.3 is 14.2 Å². The van der Waals surface area contributed by atoms with Crippen LogP contribution < -0.4 is 24.4 Å². The molecule has 3 aromatic carbocycles. The third kappa shape index (κ3) is 6.99. The molecule has 1 aromatic heterocycles. The molecule has 234 valence electrons. The quantitative estimate of drug-likeness (QED) is 0.182. The summed E-state index contributed by atoms with van der Waals surface area (Å²) in [6.07, 6.45) is -3.54. The fourth-order valence-corrected chi connectivity index (χ4v) is 6.38. The highest BCUT2D eigenvalue weighted by atomic mass is 79.9. The summed E-state index contributed by atoms with van der Waals surface area (Å²) >= 11 is 16.2. The van der Waals surface area contributed by atoms with Gasteiger partial charge in [-0.1, -0.05) is 74.7 Å². The zero-order chi connectivity index (χ0) is 32.5. The second-order valence-electron chi connectivity index (χ2n) is 9.56. The van der Waals surface area contributed by atoms with Gasteiger partial charge >= 0.3 is 12.1 Å². The summed E-state index contributed by atoms with van der Waals surface area (Å²) in [7, 11) is 1.45. The highest BCUT2D eigenvalue weighted by Gasteiger charge is 2.45. The molecule has 0 radical (unpaired) electrons. The van der Waals surface area contributed by atoms with Crippen molar-refractivity contribution in [3.63, 3.8) is 0 Å². The monoisotopic (exact) mass is 740 g/mol. The Kier molecular flexibility index (Phi) is 9.78. The zero-order valence-corrected chi connectivity index (χ0v) is 27.4. The van der Waals surface area contributed by atoms with Crippen molar-refractivity contribution in [3.8, 4) is 11.5 Å². The van der Waals surface area contributed by atoms with E-state index in [1.54, 1.807) is 36.4 Å². The zero-order valence-electron chi connectivity index (χ0n) is 23.5. The Bertz CT molecular complexity index is 1970. The fourth-order valence-electron chi connectivity index (χ4n) is 4.68. The van der Waals surface area contributed by atoms with Crippen LogP contribution in [-0.2, 0) is 16.1 Å². The van der Waals surface area contributed by atoms with Crippen LogP contribution in [0.2, 0.25) is 10.0 Å². The summed E-state index contributed by atoms with van der Waals surface area (Å²) in [4.78, 5) is 30.6. The third-order valence-electron chi connectivity index (χ3n) is 6.63. The van der Waals surface area contributed by atoms with Gasteiger partial charge in [-0.05, 0) is 60.5 Å². The molecule has 0 aliphatic carbocycles. The number of thiazole rings is 1. The number of hydrogen-bond donors (Lipinski definition) is 0. The van der Waals surface area contributed by atoms with Gasteiger partial charge in [0, 0.05) is 20.1 Å². The smallest absolute Gasteiger partial charge is 0.434 e. The van der Waals surface area contributed by atoms with Gasteiger partial charge in [-0.2, -0.15) is 13.2 Å². The predicted octanol–water partition coefficient (Wildman–Crippen LogP) is 7.00. The van der Waals surface area contributed by atoms with E-state index in [0.717, 1.165) is 21.5 Å². The van der Waals surface area contributed by atoms with E-state index >= 15 is 0 Å². The maximum atomic E-state index is 14.4. The maximum absolute atomic E-state index is 14.4. The molecule has 45 heavy (non-hydrogen) atoms. The highest BCUT2D eigenvalue weighted by molar-refractivity contribution is 9.10. The first-order valence-corrected chi connectivity index (χ1v) is 15.6. The lowest BCUT2D eigenvalue weighted by Crippen LogP contribution is -2.41. The number of benzene rings is 3. The van der Waals surface area contributed by atoms with E-state index < -0.39 is 35.0 Å². The van der Waals surface area contributed by atoms with E-state index in [0.29, 0.717) is 31.6 Å². The molecule has 2 heterocycles. The van der Waals surface area contributed by atoms with Gasteiger partial charge in [0.05, 0.1) is 29.9 Å². The minimum Gasteiger partial charge on any atom is -0.493 e. The Morgan fingerprint density at radius 1 is 1.09 bits per heavy atom. The van der Waals surface area contributed by atoms with Crippen LogP contribution in [0.15, 0.2) is 86.2 Å². The molecule has 0 unspecified atom stereocenters. The molecule has 0 bridgehead atoms. The second-order valence-corrected chi connectivity index (χ2v) is 12.4. The molecule has 1 aliphatic rings. The second kappa shape index (κ2) is 13.4. The lowest BCUT2D eigenvalue weighted by molar-refractivity contribution is -0.140. The average molecular weight is 742 g/mol. The topological polar surface area (TPSA) is 79.1 Å². The van der Waals surface area contributed by atoms with Gasteiger partial charge in [0.2, 0.25) is 0 Å². The van der Waals surface area contributed by atoms with Crippen molar-refractivity contribution in [2.24, 2.45) is 4.99 Å². The summed E-state index contributed by atoms with van der Waals surface area (Å²) in [6.45, 7) is 1.41. The van der Waals surface area contributed by atoms with E-state index in [4.69, 9.17) is 37.4 Å². The number of allylic oxidation sites excluding steroid dienone is 1. The number of methoxy groups -OCH3 is 1. The molecule has 7 nitrogen and oxygen atoms in total. The predicted molar refractivity (Wildman–Crippen MR) is 169 cm³/mol. The minimum atomic E-state index is -5.03. The van der Waals surface area contributed by atoms with Crippen LogP contribution in [0.5, 0.6) is 11.5 Å². The number of hydrogen-bond acceptors (Lipinski definition) is 7. The molecule has 0 saturated carbocycles. The number of aromatic nitrogens is 1. The number of esters is 1. The molecule has 0 saturated heterocycles. The normalized spacial score (nSPS) is 15.0. The van der Waals surface area contributed by atoms with Crippen molar-refractivity contribution >= 4 is 62.5 Å². The van der Waals surface area contributed by atoms with Crippen molar-refractivity contribution < 1.29 is 32.2 Å². The Morgan fingerprint density at radius 3 is 2.33 bits per heavy atom. The number of fused-ring (bicyclic) bond motifs is 1. The van der Waals surface area contributed by atoms with Crippen LogP contribution in [0.1, 0.15) is 29.7 Å². The lowest BCUT2D eigenvalue weighted by Gasteiger charge is -2.26. The van der Waals surface area contributed by atoms with E-state index in [1.807, 2.05) is 0 Å². The van der Waals surface area contributed by atoms with E-state index in [2.05, 4.69) is 20.9 Å². The Morgan fingerprint density at radius 2 is 1.73 bits per heavy atom. The van der Waals surface area contributed by atoms with Gasteiger partial charge in [0.1, 0.15) is 6.61 Å². The number of alkyl halides is 3. The van der Waals surface area contributed by atoms with Crippen molar-refractivity contribution in [1.29, 1.82) is 0 Å². The van der Waals surface area contributed by atoms with Crippen LogP contribution in [0, 0.1) is 0 Å². The van der Waals surface area contributed by atoms with E-state index in [9.17, 15) is 22.8 Å². The van der Waals surface area contributed by atoms with Crippen LogP contribution in [0.4, 0.5) is 13.2 Å². The molecule has 0 spiro atoms. The summed E-state index contributed by atoms with van der Waals surface area (Å²) in [5.41, 5.74) is -1.49. The molecular formula is C31H22BrCl2F3N2O5S. The third-order valence-corrected chi connectivity index (χ3v) is 8.58. The molecule has 5 rings (SSSR count). The van der Waals surface area contributed by atoms with Gasteiger partial charge in [0.25, 0.3) is 5.56 Å². The van der Waals surface area contributed by atoms with Crippen molar-refractivity contribution in [2.75, 3.05) is 13.7 Å². The van der Waals surface area contributed by atoms with E-state index in [1.165, 1.54) is 44.4 Å². The Hall–Kier alpha value is -3.58. The molecule has 0 N–H and O–H groups in total. The number of nitrogens with zero attached hydrogens (tertiary/aromatic N) is 2. The Labute approximate surface area is 276 Å². The number of carbonyl (C=O) groups is 1. The number of rotatable bonds is 8. The van der Waals surface area contributed by atoms with Crippen molar-refractivity contribution in [1.82, 2.24) is 4.57 Å². The maximum Gasteiger partial charge on any atom is 0.434 e. The molecular weight excluding hydrogens is 720 g/mol. The van der Waals surface area contributed by atoms with Gasteiger partial charge in [-0.15, -0.1) is 0 Å². The summed E-state index contributed by atoms with van der Waals surface area (Å²) in [6, 6.07) is 14.7. The highest BCUT2D eigenvalue weighted by Crippen LogP contribution is 2.39. The van der Waals surface area contributed by atoms with Crippen LogP contribution in [0.25, 0.3) is 6.08 Å². The molecule has 1 aliphatic heterocycles. The van der Waals surface area contributed by atoms with Crippen LogP contribution >= 0.6 is 50.5 Å². The molecule has 0 amide bonds. The Balaban J connectivity index is 1.72. The van der Waals surface area contributed by atoms with Crippen molar-refractivity contribution in [2.45, 2.75) is 25.7 Å². The first-order chi connectivity index (χ1) is 21.4. The summed E-state index contributed by atoms with van der Waals surface area (Å²) in [5, 5.41) is 0.881. The summed E-state index contributed by atoms with van der Waals surface area (Å²) in [5.74, 6) is -0.600. The van der Waals surface area contributed by atoms with E-state index in [-0.39, 0.29) is 28.1 Å². The first-order valence-electron chi connectivity index (χ1n) is 13.2. The number of halogens is 6. The molecule has 0 fully saturated rings. The largest absolute Gasteiger partial charge is 0.493 e. The van der Waals surface area contributed by atoms with Gasteiger partial charge in [-0.25, -0.2) is 9.79 Å². The molecule has 1 atom stereocenters.